The lowest BCUT2D eigenvalue weighted by Crippen LogP contribution is -2.30. The van der Waals surface area contributed by atoms with Gasteiger partial charge in [0.15, 0.2) is 0 Å². The molecule has 0 radical (unpaired) electrons. The highest BCUT2D eigenvalue weighted by Gasteiger charge is 2.24. The van der Waals surface area contributed by atoms with E-state index in [0.29, 0.717) is 0 Å². The predicted octanol–water partition coefficient (Wildman–Crippen LogP) is 4.87. The van der Waals surface area contributed by atoms with Crippen molar-refractivity contribution in [1.29, 1.82) is 0 Å². The van der Waals surface area contributed by atoms with Crippen LogP contribution in [0.3, 0.4) is 0 Å². The van der Waals surface area contributed by atoms with Crippen molar-refractivity contribution >= 4 is 11.8 Å². The Hall–Kier alpha value is -2.22. The van der Waals surface area contributed by atoms with Crippen LogP contribution in [0.2, 0.25) is 0 Å². The third-order valence-corrected chi connectivity index (χ3v) is 4.01. The van der Waals surface area contributed by atoms with Crippen molar-refractivity contribution in [3.8, 4) is 5.75 Å². The molecule has 2 nitrogen and oxygen atoms in total. The number of nitrogens with one attached hydrogen (secondary N) is 1. The first-order chi connectivity index (χ1) is 10.2. The van der Waals surface area contributed by atoms with E-state index in [-0.39, 0.29) is 5.60 Å². The molecule has 0 spiro atoms. The van der Waals surface area contributed by atoms with Crippen molar-refractivity contribution in [2.45, 2.75) is 32.4 Å². The SMILES string of the molecule is CCC1(C)C=Cc2cc(CNc3ccccc3)ccc2O1. The third kappa shape index (κ3) is 3.10. The first-order valence-corrected chi connectivity index (χ1v) is 7.49. The third-order valence-electron chi connectivity index (χ3n) is 4.01. The van der Waals surface area contributed by atoms with Gasteiger partial charge in [-0.25, -0.2) is 0 Å². The standard InChI is InChI=1S/C19H21NO/c1-3-19(2)12-11-16-13-15(9-10-18(16)21-19)14-20-17-7-5-4-6-8-17/h4-13,20H,3,14H2,1-2H3. The summed E-state index contributed by atoms with van der Waals surface area (Å²) in [5.74, 6) is 0.977. The highest BCUT2D eigenvalue weighted by Crippen LogP contribution is 2.33. The average Bonchev–Trinajstić information content (AvgIpc) is 2.54. The molecule has 108 valence electrons. The van der Waals surface area contributed by atoms with Crippen LogP contribution in [0.15, 0.2) is 54.6 Å². The van der Waals surface area contributed by atoms with E-state index in [9.17, 15) is 0 Å². The van der Waals surface area contributed by atoms with Crippen LogP contribution in [0.25, 0.3) is 6.08 Å². The number of hydrogen-bond acceptors (Lipinski definition) is 2. The Bertz CT molecular complexity index is 648. The van der Waals surface area contributed by atoms with Gasteiger partial charge in [0.05, 0.1) is 0 Å². The smallest absolute Gasteiger partial charge is 0.127 e. The average molecular weight is 279 g/mol. The van der Waals surface area contributed by atoms with Crippen molar-refractivity contribution in [3.05, 3.63) is 65.7 Å². The molecule has 1 N–H and O–H groups in total. The molecule has 21 heavy (non-hydrogen) atoms. The predicted molar refractivity (Wildman–Crippen MR) is 88.6 cm³/mol. The quantitative estimate of drug-likeness (QED) is 0.861. The van der Waals surface area contributed by atoms with E-state index in [4.69, 9.17) is 4.74 Å². The van der Waals surface area contributed by atoms with Gasteiger partial charge in [0.1, 0.15) is 11.4 Å². The summed E-state index contributed by atoms with van der Waals surface area (Å²) in [6, 6.07) is 16.7. The normalized spacial score (nSPS) is 19.7. The summed E-state index contributed by atoms with van der Waals surface area (Å²) in [5.41, 5.74) is 3.39. The molecule has 2 aromatic carbocycles. The summed E-state index contributed by atoms with van der Waals surface area (Å²) < 4.78 is 6.08. The summed E-state index contributed by atoms with van der Waals surface area (Å²) >= 11 is 0. The van der Waals surface area contributed by atoms with Crippen molar-refractivity contribution in [2.75, 3.05) is 5.32 Å². The molecule has 1 heterocycles. The van der Waals surface area contributed by atoms with Gasteiger partial charge < -0.3 is 10.1 Å². The maximum Gasteiger partial charge on any atom is 0.127 e. The van der Waals surface area contributed by atoms with Gasteiger partial charge >= 0.3 is 0 Å². The minimum atomic E-state index is -0.170. The summed E-state index contributed by atoms with van der Waals surface area (Å²) in [6.07, 6.45) is 5.30. The van der Waals surface area contributed by atoms with E-state index in [1.54, 1.807) is 0 Å². The molecule has 2 aromatic rings. The Morgan fingerprint density at radius 2 is 1.90 bits per heavy atom. The zero-order valence-electron chi connectivity index (χ0n) is 12.6. The number of fused-ring (bicyclic) bond motifs is 1. The minimum Gasteiger partial charge on any atom is -0.483 e. The van der Waals surface area contributed by atoms with E-state index in [0.717, 1.165) is 30.0 Å². The highest BCUT2D eigenvalue weighted by molar-refractivity contribution is 5.62. The van der Waals surface area contributed by atoms with Crippen LogP contribution < -0.4 is 10.1 Å². The first-order valence-electron chi connectivity index (χ1n) is 7.49. The summed E-state index contributed by atoms with van der Waals surface area (Å²) in [5, 5.41) is 3.43. The summed E-state index contributed by atoms with van der Waals surface area (Å²) in [4.78, 5) is 0. The number of ether oxygens (including phenoxy) is 1. The molecule has 1 aliphatic heterocycles. The number of hydrogen-bond donors (Lipinski definition) is 1. The van der Waals surface area contributed by atoms with Gasteiger partial charge in [0.2, 0.25) is 0 Å². The molecule has 0 bridgehead atoms. The Morgan fingerprint density at radius 1 is 1.10 bits per heavy atom. The van der Waals surface area contributed by atoms with Crippen molar-refractivity contribution < 1.29 is 4.74 Å². The van der Waals surface area contributed by atoms with Crippen molar-refractivity contribution in [2.24, 2.45) is 0 Å². The number of para-hydroxylation sites is 1. The van der Waals surface area contributed by atoms with Gasteiger partial charge in [-0.1, -0.05) is 37.3 Å². The molecular formula is C19H21NO. The molecular weight excluding hydrogens is 258 g/mol. The maximum absolute atomic E-state index is 6.08. The maximum atomic E-state index is 6.08. The molecule has 0 aliphatic carbocycles. The van der Waals surface area contributed by atoms with E-state index in [2.05, 4.69) is 61.6 Å². The van der Waals surface area contributed by atoms with Crippen LogP contribution in [0.1, 0.15) is 31.4 Å². The largest absolute Gasteiger partial charge is 0.483 e. The monoisotopic (exact) mass is 279 g/mol. The zero-order valence-corrected chi connectivity index (χ0v) is 12.6. The van der Waals surface area contributed by atoms with Gasteiger partial charge in [-0.3, -0.25) is 0 Å². The zero-order chi connectivity index (χ0) is 14.7. The first kappa shape index (κ1) is 13.7. The Morgan fingerprint density at radius 3 is 2.67 bits per heavy atom. The molecule has 0 saturated heterocycles. The second kappa shape index (κ2) is 5.65. The molecule has 3 rings (SSSR count). The van der Waals surface area contributed by atoms with Crippen molar-refractivity contribution in [3.63, 3.8) is 0 Å². The van der Waals surface area contributed by atoms with Crippen LogP contribution in [-0.2, 0) is 6.54 Å². The number of anilines is 1. The molecule has 2 heteroatoms. The molecule has 0 amide bonds. The molecule has 0 aromatic heterocycles. The molecule has 0 saturated carbocycles. The fourth-order valence-electron chi connectivity index (χ4n) is 2.43. The number of rotatable bonds is 4. The van der Waals surface area contributed by atoms with Crippen LogP contribution >= 0.6 is 0 Å². The van der Waals surface area contributed by atoms with Crippen LogP contribution in [-0.4, -0.2) is 5.60 Å². The van der Waals surface area contributed by atoms with Gasteiger partial charge in [-0.05, 0) is 49.2 Å². The highest BCUT2D eigenvalue weighted by atomic mass is 16.5. The number of benzene rings is 2. The second-order valence-corrected chi connectivity index (χ2v) is 5.69. The van der Waals surface area contributed by atoms with Gasteiger partial charge in [-0.2, -0.15) is 0 Å². The van der Waals surface area contributed by atoms with Crippen LogP contribution in [0.4, 0.5) is 5.69 Å². The Kier molecular flexibility index (Phi) is 3.70. The molecule has 0 fully saturated rings. The lowest BCUT2D eigenvalue weighted by molar-refractivity contribution is 0.133. The Balaban J connectivity index is 1.73. The van der Waals surface area contributed by atoms with Crippen molar-refractivity contribution in [1.82, 2.24) is 0 Å². The Labute approximate surface area is 126 Å². The van der Waals surface area contributed by atoms with Gasteiger partial charge in [0.25, 0.3) is 0 Å². The fourth-order valence-corrected chi connectivity index (χ4v) is 2.43. The minimum absolute atomic E-state index is 0.170. The lowest BCUT2D eigenvalue weighted by Gasteiger charge is -2.30. The second-order valence-electron chi connectivity index (χ2n) is 5.69. The fraction of sp³-hybridized carbons (Fsp3) is 0.263. The van der Waals surface area contributed by atoms with E-state index in [1.807, 2.05) is 18.2 Å². The topological polar surface area (TPSA) is 21.3 Å². The van der Waals surface area contributed by atoms with Gasteiger partial charge in [-0.15, -0.1) is 0 Å². The molecule has 1 aliphatic rings. The summed E-state index contributed by atoms with van der Waals surface area (Å²) in [7, 11) is 0. The molecule has 1 atom stereocenters. The van der Waals surface area contributed by atoms with E-state index >= 15 is 0 Å². The van der Waals surface area contributed by atoms with Crippen LogP contribution in [0.5, 0.6) is 5.75 Å². The van der Waals surface area contributed by atoms with Gasteiger partial charge in [0, 0.05) is 17.8 Å². The molecule has 1 unspecified atom stereocenters. The van der Waals surface area contributed by atoms with E-state index in [1.165, 1.54) is 5.56 Å². The lowest BCUT2D eigenvalue weighted by atomic mass is 9.97. The van der Waals surface area contributed by atoms with Crippen LogP contribution in [0, 0.1) is 0 Å². The van der Waals surface area contributed by atoms with E-state index < -0.39 is 0 Å². The summed E-state index contributed by atoms with van der Waals surface area (Å²) in [6.45, 7) is 5.08.